The molecule has 1 rings (SSSR count). The Labute approximate surface area is 90.3 Å². The fourth-order valence-corrected chi connectivity index (χ4v) is 1.27. The van der Waals surface area contributed by atoms with Crippen LogP contribution in [0.15, 0.2) is 36.0 Å². The van der Waals surface area contributed by atoms with E-state index in [-0.39, 0.29) is 5.92 Å². The summed E-state index contributed by atoms with van der Waals surface area (Å²) in [6, 6.07) is 0. The Morgan fingerprint density at radius 1 is 1.67 bits per heavy atom. The number of hydrogen-bond acceptors (Lipinski definition) is 2. The Morgan fingerprint density at radius 3 is 2.93 bits per heavy atom. The Balaban J connectivity index is 2.72. The van der Waals surface area contributed by atoms with Crippen molar-refractivity contribution in [2.24, 2.45) is 5.92 Å². The highest BCUT2D eigenvalue weighted by Gasteiger charge is 2.09. The van der Waals surface area contributed by atoms with Gasteiger partial charge in [0.25, 0.3) is 0 Å². The minimum absolute atomic E-state index is 0.0700. The third-order valence-electron chi connectivity index (χ3n) is 2.20. The lowest BCUT2D eigenvalue weighted by atomic mass is 9.92. The maximum Gasteiger partial charge on any atom is 0.384 e. The van der Waals surface area contributed by atoms with Crippen molar-refractivity contribution in [1.29, 1.82) is 0 Å². The van der Waals surface area contributed by atoms with Gasteiger partial charge in [0.2, 0.25) is 0 Å². The van der Waals surface area contributed by atoms with Gasteiger partial charge in [0.1, 0.15) is 0 Å². The van der Waals surface area contributed by atoms with E-state index >= 15 is 0 Å². The van der Waals surface area contributed by atoms with Gasteiger partial charge in [0, 0.05) is 5.92 Å². The normalized spacial score (nSPS) is 18.9. The van der Waals surface area contributed by atoms with Gasteiger partial charge in [-0.2, -0.15) is 0 Å². The number of rotatable bonds is 1. The van der Waals surface area contributed by atoms with Gasteiger partial charge >= 0.3 is 5.97 Å². The van der Waals surface area contributed by atoms with Gasteiger partial charge in [-0.15, -0.1) is 0 Å². The second kappa shape index (κ2) is 5.21. The fourth-order valence-electron chi connectivity index (χ4n) is 1.27. The van der Waals surface area contributed by atoms with Gasteiger partial charge in [-0.25, -0.2) is 4.79 Å². The molecule has 0 bridgehead atoms. The molecule has 15 heavy (non-hydrogen) atoms. The summed E-state index contributed by atoms with van der Waals surface area (Å²) in [6.07, 6.45) is 6.96. The Kier molecular flexibility index (Phi) is 3.93. The highest BCUT2D eigenvalue weighted by atomic mass is 16.5. The first kappa shape index (κ1) is 11.3. The monoisotopic (exact) mass is 202 g/mol. The minimum atomic E-state index is -0.513. The van der Waals surface area contributed by atoms with Crippen LogP contribution in [0, 0.1) is 17.8 Å². The summed E-state index contributed by atoms with van der Waals surface area (Å²) >= 11 is 0. The zero-order chi connectivity index (χ0) is 11.3. The predicted octanol–water partition coefficient (Wildman–Crippen LogP) is 2.24. The molecule has 0 saturated heterocycles. The lowest BCUT2D eigenvalue weighted by molar-refractivity contribution is -0.133. The van der Waals surface area contributed by atoms with Crippen LogP contribution in [0.2, 0.25) is 0 Å². The van der Waals surface area contributed by atoms with Crippen LogP contribution in [0.1, 0.15) is 13.3 Å². The van der Waals surface area contributed by atoms with Crippen LogP contribution in [0.5, 0.6) is 0 Å². The van der Waals surface area contributed by atoms with Crippen molar-refractivity contribution in [3.8, 4) is 11.8 Å². The fraction of sp³-hybridized carbons (Fsp3) is 0.308. The number of ether oxygens (including phenoxy) is 1. The molecule has 1 atom stereocenters. The molecule has 0 fully saturated rings. The summed E-state index contributed by atoms with van der Waals surface area (Å²) in [5, 5.41) is 0. The average Bonchev–Trinajstić information content (AvgIpc) is 2.26. The zero-order valence-electron chi connectivity index (χ0n) is 9.04. The van der Waals surface area contributed by atoms with Crippen molar-refractivity contribution in [1.82, 2.24) is 0 Å². The molecule has 0 aliphatic heterocycles. The molecule has 0 radical (unpaired) electrons. The molecule has 0 aromatic heterocycles. The van der Waals surface area contributed by atoms with E-state index in [4.69, 9.17) is 0 Å². The molecular formula is C13H14O2. The van der Waals surface area contributed by atoms with Crippen LogP contribution >= 0.6 is 0 Å². The quantitative estimate of drug-likeness (QED) is 0.370. The first-order valence-electron chi connectivity index (χ1n) is 4.84. The van der Waals surface area contributed by atoms with E-state index in [2.05, 4.69) is 30.1 Å². The van der Waals surface area contributed by atoms with Crippen LogP contribution < -0.4 is 0 Å². The van der Waals surface area contributed by atoms with Gasteiger partial charge in [-0.1, -0.05) is 37.7 Å². The van der Waals surface area contributed by atoms with E-state index in [1.54, 1.807) is 0 Å². The van der Waals surface area contributed by atoms with Gasteiger partial charge in [0.05, 0.1) is 13.0 Å². The summed E-state index contributed by atoms with van der Waals surface area (Å²) in [7, 11) is 1.32. The molecule has 78 valence electrons. The smallest absolute Gasteiger partial charge is 0.384 e. The number of carbonyl (C=O) groups excluding carboxylic acids is 1. The first-order valence-corrected chi connectivity index (χ1v) is 4.84. The maximum absolute atomic E-state index is 10.8. The highest BCUT2D eigenvalue weighted by Crippen LogP contribution is 2.21. The first-order chi connectivity index (χ1) is 7.17. The molecule has 2 nitrogen and oxygen atoms in total. The van der Waals surface area contributed by atoms with Crippen molar-refractivity contribution >= 4 is 5.97 Å². The van der Waals surface area contributed by atoms with Crippen molar-refractivity contribution in [3.63, 3.8) is 0 Å². The molecule has 0 heterocycles. The van der Waals surface area contributed by atoms with E-state index in [0.29, 0.717) is 0 Å². The van der Waals surface area contributed by atoms with Gasteiger partial charge in [0.15, 0.2) is 0 Å². The molecule has 1 aliphatic rings. The highest BCUT2D eigenvalue weighted by molar-refractivity contribution is 5.88. The number of carbonyl (C=O) groups is 1. The van der Waals surface area contributed by atoms with E-state index in [0.717, 1.165) is 12.0 Å². The predicted molar refractivity (Wildman–Crippen MR) is 59.9 cm³/mol. The van der Waals surface area contributed by atoms with E-state index in [9.17, 15) is 4.79 Å². The molecule has 0 N–H and O–H groups in total. The van der Waals surface area contributed by atoms with Crippen LogP contribution in [-0.4, -0.2) is 13.1 Å². The van der Waals surface area contributed by atoms with Crippen molar-refractivity contribution in [2.75, 3.05) is 7.11 Å². The Morgan fingerprint density at radius 2 is 2.40 bits per heavy atom. The molecule has 0 aromatic rings. The van der Waals surface area contributed by atoms with E-state index in [1.807, 2.05) is 18.2 Å². The summed E-state index contributed by atoms with van der Waals surface area (Å²) in [5.74, 6) is 4.64. The molecule has 1 unspecified atom stereocenters. The van der Waals surface area contributed by atoms with Crippen molar-refractivity contribution in [2.45, 2.75) is 13.3 Å². The molecule has 0 saturated carbocycles. The van der Waals surface area contributed by atoms with Crippen LogP contribution in [-0.2, 0) is 9.53 Å². The van der Waals surface area contributed by atoms with Gasteiger partial charge in [-0.05, 0) is 17.6 Å². The van der Waals surface area contributed by atoms with Gasteiger partial charge < -0.3 is 4.74 Å². The number of methoxy groups -OCH3 is 1. The second-order valence-corrected chi connectivity index (χ2v) is 3.25. The molecule has 0 spiro atoms. The molecule has 2 heteroatoms. The third-order valence-corrected chi connectivity index (χ3v) is 2.20. The summed E-state index contributed by atoms with van der Waals surface area (Å²) < 4.78 is 4.44. The third kappa shape index (κ3) is 3.14. The molecular weight excluding hydrogens is 188 g/mol. The Bertz CT molecular complexity index is 388. The van der Waals surface area contributed by atoms with Gasteiger partial charge in [-0.3, -0.25) is 0 Å². The Hall–Kier alpha value is -1.75. The minimum Gasteiger partial charge on any atom is -0.459 e. The van der Waals surface area contributed by atoms with E-state index in [1.165, 1.54) is 12.7 Å². The zero-order valence-corrected chi connectivity index (χ0v) is 9.04. The molecule has 0 aromatic carbocycles. The van der Waals surface area contributed by atoms with E-state index < -0.39 is 5.97 Å². The summed E-state index contributed by atoms with van der Waals surface area (Å²) in [4.78, 5) is 10.8. The topological polar surface area (TPSA) is 26.3 Å². The summed E-state index contributed by atoms with van der Waals surface area (Å²) in [6.45, 7) is 6.00. The maximum atomic E-state index is 10.8. The standard InChI is InChI=1S/C13H14O2/c1-4-11-5-6-12(10(2)9-11)7-8-13(14)15-3/h5-6,9,12H,2,4H2,1,3H3. The van der Waals surface area contributed by atoms with Crippen LogP contribution in [0.25, 0.3) is 0 Å². The SMILES string of the molecule is C=C1C=C(CC)C=CC1C#CC(=O)OC. The number of esters is 1. The lowest BCUT2D eigenvalue weighted by Gasteiger charge is -2.12. The number of hydrogen-bond donors (Lipinski definition) is 0. The average molecular weight is 202 g/mol. The van der Waals surface area contributed by atoms with Crippen LogP contribution in [0.4, 0.5) is 0 Å². The lowest BCUT2D eigenvalue weighted by Crippen LogP contribution is -2.02. The number of allylic oxidation sites excluding steroid dienone is 5. The van der Waals surface area contributed by atoms with Crippen molar-refractivity contribution < 1.29 is 9.53 Å². The molecule has 0 amide bonds. The summed E-state index contributed by atoms with van der Waals surface area (Å²) in [5.41, 5.74) is 2.15. The van der Waals surface area contributed by atoms with Crippen molar-refractivity contribution in [3.05, 3.63) is 36.0 Å². The van der Waals surface area contributed by atoms with Crippen LogP contribution in [0.3, 0.4) is 0 Å². The molecule has 1 aliphatic carbocycles. The largest absolute Gasteiger partial charge is 0.459 e. The second-order valence-electron chi connectivity index (χ2n) is 3.25.